The molecule has 0 fully saturated rings. The van der Waals surface area contributed by atoms with Crippen LogP contribution in [0, 0.1) is 0 Å². The molecule has 26 heavy (non-hydrogen) atoms. The van der Waals surface area contributed by atoms with E-state index in [1.54, 1.807) is 12.1 Å². The van der Waals surface area contributed by atoms with Crippen molar-refractivity contribution >= 4 is 17.8 Å². The number of carbonyl (C=O) groups is 3. The third-order valence-corrected chi connectivity index (χ3v) is 3.89. The van der Waals surface area contributed by atoms with Gasteiger partial charge >= 0.3 is 11.9 Å². The summed E-state index contributed by atoms with van der Waals surface area (Å²) in [6.07, 6.45) is 0.00132. The SMILES string of the molecule is COC(=O)CCN(CC(=O)OC)C(=O)c1ccc(-c2ccccc2)cc1. The summed E-state index contributed by atoms with van der Waals surface area (Å²) in [6, 6.07) is 16.9. The van der Waals surface area contributed by atoms with Crippen molar-refractivity contribution in [3.8, 4) is 11.1 Å². The zero-order valence-corrected chi connectivity index (χ0v) is 14.8. The van der Waals surface area contributed by atoms with Crippen molar-refractivity contribution in [2.24, 2.45) is 0 Å². The quantitative estimate of drug-likeness (QED) is 0.714. The van der Waals surface area contributed by atoms with E-state index < -0.39 is 11.9 Å². The second-order valence-corrected chi connectivity index (χ2v) is 5.57. The highest BCUT2D eigenvalue weighted by molar-refractivity contribution is 5.96. The molecule has 6 heteroatoms. The molecule has 2 rings (SSSR count). The fraction of sp³-hybridized carbons (Fsp3) is 0.250. The van der Waals surface area contributed by atoms with Gasteiger partial charge in [0.2, 0.25) is 0 Å². The van der Waals surface area contributed by atoms with E-state index in [4.69, 9.17) is 0 Å². The third kappa shape index (κ3) is 5.17. The van der Waals surface area contributed by atoms with Crippen LogP contribution in [0.25, 0.3) is 11.1 Å². The van der Waals surface area contributed by atoms with Crippen molar-refractivity contribution in [2.75, 3.05) is 27.3 Å². The van der Waals surface area contributed by atoms with Gasteiger partial charge in [0.25, 0.3) is 5.91 Å². The average molecular weight is 355 g/mol. The molecule has 0 spiro atoms. The molecule has 136 valence electrons. The van der Waals surface area contributed by atoms with Gasteiger partial charge < -0.3 is 14.4 Å². The minimum absolute atomic E-state index is 0.00132. The lowest BCUT2D eigenvalue weighted by molar-refractivity contribution is -0.143. The summed E-state index contributed by atoms with van der Waals surface area (Å²) >= 11 is 0. The first-order valence-corrected chi connectivity index (χ1v) is 8.13. The summed E-state index contributed by atoms with van der Waals surface area (Å²) in [5, 5.41) is 0. The molecule has 1 amide bonds. The Morgan fingerprint density at radius 1 is 0.808 bits per heavy atom. The zero-order valence-electron chi connectivity index (χ0n) is 14.8. The molecule has 2 aromatic rings. The molecule has 0 aliphatic carbocycles. The molecule has 0 atom stereocenters. The second kappa shape index (κ2) is 9.36. The van der Waals surface area contributed by atoms with E-state index in [1.165, 1.54) is 19.1 Å². The molecule has 0 radical (unpaired) electrons. The molecular weight excluding hydrogens is 334 g/mol. The van der Waals surface area contributed by atoms with Gasteiger partial charge in [-0.2, -0.15) is 0 Å². The Hall–Kier alpha value is -3.15. The lowest BCUT2D eigenvalue weighted by atomic mass is 10.0. The highest BCUT2D eigenvalue weighted by Crippen LogP contribution is 2.20. The summed E-state index contributed by atoms with van der Waals surface area (Å²) in [4.78, 5) is 36.9. The van der Waals surface area contributed by atoms with E-state index in [0.29, 0.717) is 5.56 Å². The standard InChI is InChI=1S/C20H21NO5/c1-25-18(22)12-13-21(14-19(23)26-2)20(24)17-10-8-16(9-11-17)15-6-4-3-5-7-15/h3-11H,12-14H2,1-2H3. The number of carbonyl (C=O) groups excluding carboxylic acids is 3. The smallest absolute Gasteiger partial charge is 0.325 e. The minimum Gasteiger partial charge on any atom is -0.469 e. The minimum atomic E-state index is -0.552. The molecular formula is C20H21NO5. The predicted molar refractivity (Wildman–Crippen MR) is 96.4 cm³/mol. The topological polar surface area (TPSA) is 72.9 Å². The van der Waals surface area contributed by atoms with Crippen LogP contribution in [0.1, 0.15) is 16.8 Å². The van der Waals surface area contributed by atoms with E-state index in [0.717, 1.165) is 11.1 Å². The molecule has 0 aliphatic rings. The first-order valence-electron chi connectivity index (χ1n) is 8.13. The van der Waals surface area contributed by atoms with Crippen LogP contribution in [-0.2, 0) is 19.1 Å². The van der Waals surface area contributed by atoms with Gasteiger partial charge in [-0.05, 0) is 23.3 Å². The fourth-order valence-corrected chi connectivity index (χ4v) is 2.42. The summed E-state index contributed by atoms with van der Waals surface area (Å²) in [7, 11) is 2.52. The Morgan fingerprint density at radius 3 is 1.96 bits per heavy atom. The van der Waals surface area contributed by atoms with E-state index in [-0.39, 0.29) is 25.4 Å². The number of amides is 1. The van der Waals surface area contributed by atoms with Gasteiger partial charge in [-0.1, -0.05) is 42.5 Å². The highest BCUT2D eigenvalue weighted by atomic mass is 16.5. The van der Waals surface area contributed by atoms with Gasteiger partial charge in [-0.25, -0.2) is 0 Å². The Bertz CT molecular complexity index is 756. The lowest BCUT2D eigenvalue weighted by Gasteiger charge is -2.21. The maximum absolute atomic E-state index is 12.7. The number of hydrogen-bond donors (Lipinski definition) is 0. The van der Waals surface area contributed by atoms with Crippen molar-refractivity contribution in [1.82, 2.24) is 4.90 Å². The van der Waals surface area contributed by atoms with Crippen LogP contribution in [0.3, 0.4) is 0 Å². The molecule has 0 unspecified atom stereocenters. The summed E-state index contributed by atoms with van der Waals surface area (Å²) in [5.41, 5.74) is 2.46. The predicted octanol–water partition coefficient (Wildman–Crippen LogP) is 2.53. The Kier molecular flexibility index (Phi) is 6.91. The van der Waals surface area contributed by atoms with Crippen LogP contribution in [-0.4, -0.2) is 50.1 Å². The van der Waals surface area contributed by atoms with Crippen LogP contribution in [0.15, 0.2) is 54.6 Å². The van der Waals surface area contributed by atoms with Crippen molar-refractivity contribution < 1.29 is 23.9 Å². The van der Waals surface area contributed by atoms with Crippen LogP contribution < -0.4 is 0 Å². The van der Waals surface area contributed by atoms with Gasteiger partial charge in [0, 0.05) is 12.1 Å². The summed E-state index contributed by atoms with van der Waals surface area (Å²) in [6.45, 7) is -0.159. The lowest BCUT2D eigenvalue weighted by Crippen LogP contribution is -2.37. The molecule has 0 N–H and O–H groups in total. The first-order chi connectivity index (χ1) is 12.5. The normalized spacial score (nSPS) is 10.1. The van der Waals surface area contributed by atoms with Crippen LogP contribution in [0.2, 0.25) is 0 Å². The van der Waals surface area contributed by atoms with Crippen LogP contribution >= 0.6 is 0 Å². The number of rotatable bonds is 7. The molecule has 0 aromatic heterocycles. The average Bonchev–Trinajstić information content (AvgIpc) is 2.70. The first kappa shape index (κ1) is 19.2. The van der Waals surface area contributed by atoms with Crippen LogP contribution in [0.4, 0.5) is 0 Å². The maximum atomic E-state index is 12.7. The molecule has 0 saturated heterocycles. The summed E-state index contributed by atoms with van der Waals surface area (Å²) < 4.78 is 9.22. The Balaban J connectivity index is 2.15. The largest absolute Gasteiger partial charge is 0.469 e. The van der Waals surface area contributed by atoms with Gasteiger partial charge in [-0.15, -0.1) is 0 Å². The number of nitrogens with zero attached hydrogens (tertiary/aromatic N) is 1. The van der Waals surface area contributed by atoms with E-state index in [1.807, 2.05) is 42.5 Å². The number of methoxy groups -OCH3 is 2. The molecule has 2 aromatic carbocycles. The Morgan fingerprint density at radius 2 is 1.38 bits per heavy atom. The van der Waals surface area contributed by atoms with E-state index in [9.17, 15) is 14.4 Å². The monoisotopic (exact) mass is 355 g/mol. The molecule has 0 bridgehead atoms. The maximum Gasteiger partial charge on any atom is 0.325 e. The number of hydrogen-bond acceptors (Lipinski definition) is 5. The number of esters is 2. The van der Waals surface area contributed by atoms with E-state index in [2.05, 4.69) is 9.47 Å². The van der Waals surface area contributed by atoms with Gasteiger partial charge in [0.15, 0.2) is 0 Å². The van der Waals surface area contributed by atoms with Crippen LogP contribution in [0.5, 0.6) is 0 Å². The Labute approximate surface area is 152 Å². The zero-order chi connectivity index (χ0) is 18.9. The number of ether oxygens (including phenoxy) is 2. The van der Waals surface area contributed by atoms with E-state index >= 15 is 0 Å². The van der Waals surface area contributed by atoms with Gasteiger partial charge in [-0.3, -0.25) is 14.4 Å². The molecule has 0 saturated carbocycles. The summed E-state index contributed by atoms with van der Waals surface area (Å²) in [5.74, 6) is -1.35. The third-order valence-electron chi connectivity index (χ3n) is 3.89. The van der Waals surface area contributed by atoms with Crippen molar-refractivity contribution in [3.05, 3.63) is 60.2 Å². The number of benzene rings is 2. The van der Waals surface area contributed by atoms with Crippen molar-refractivity contribution in [3.63, 3.8) is 0 Å². The molecule has 0 heterocycles. The van der Waals surface area contributed by atoms with Crippen molar-refractivity contribution in [1.29, 1.82) is 0 Å². The molecule has 0 aliphatic heterocycles. The molecule has 6 nitrogen and oxygen atoms in total. The highest BCUT2D eigenvalue weighted by Gasteiger charge is 2.20. The van der Waals surface area contributed by atoms with Gasteiger partial charge in [0.1, 0.15) is 6.54 Å². The van der Waals surface area contributed by atoms with Gasteiger partial charge in [0.05, 0.1) is 20.6 Å². The fourth-order valence-electron chi connectivity index (χ4n) is 2.42. The van der Waals surface area contributed by atoms with Crippen molar-refractivity contribution in [2.45, 2.75) is 6.42 Å². The second-order valence-electron chi connectivity index (χ2n) is 5.57.